The molecule has 1 saturated heterocycles. The van der Waals surface area contributed by atoms with Crippen LogP contribution in [0.25, 0.3) is 0 Å². The summed E-state index contributed by atoms with van der Waals surface area (Å²) in [6.45, 7) is 2.05. The topological polar surface area (TPSA) is 109 Å². The molecule has 0 saturated carbocycles. The van der Waals surface area contributed by atoms with Crippen LogP contribution < -0.4 is 15.5 Å². The molecule has 1 fully saturated rings. The molecule has 0 spiro atoms. The summed E-state index contributed by atoms with van der Waals surface area (Å²) in [6, 6.07) is 16.2. The first kappa shape index (κ1) is 24.3. The molecule has 4 rings (SSSR count). The molecule has 2 aromatic carbocycles. The number of benzene rings is 2. The molecular formula is C26H31N5O4. The van der Waals surface area contributed by atoms with Gasteiger partial charge in [0.15, 0.2) is 0 Å². The Morgan fingerprint density at radius 2 is 1.66 bits per heavy atom. The number of nitrogens with zero attached hydrogens (tertiary/aromatic N) is 4. The van der Waals surface area contributed by atoms with E-state index in [-0.39, 0.29) is 18.2 Å². The van der Waals surface area contributed by atoms with Crippen LogP contribution in [0.1, 0.15) is 24.8 Å². The van der Waals surface area contributed by atoms with Gasteiger partial charge in [0, 0.05) is 39.0 Å². The van der Waals surface area contributed by atoms with Gasteiger partial charge in [-0.1, -0.05) is 30.3 Å². The van der Waals surface area contributed by atoms with Gasteiger partial charge >= 0.3 is 0 Å². The molecule has 0 aliphatic carbocycles. The lowest BCUT2D eigenvalue weighted by molar-refractivity contribution is -0.131. The summed E-state index contributed by atoms with van der Waals surface area (Å²) in [4.78, 5) is 41.6. The third-order valence-corrected chi connectivity index (χ3v) is 6.43. The fourth-order valence-electron chi connectivity index (χ4n) is 4.43. The second-order valence-electron chi connectivity index (χ2n) is 8.72. The van der Waals surface area contributed by atoms with Gasteiger partial charge in [-0.15, -0.1) is 0 Å². The first-order chi connectivity index (χ1) is 17.0. The van der Waals surface area contributed by atoms with Crippen LogP contribution in [0.5, 0.6) is 5.75 Å². The molecule has 9 heteroatoms. The fourth-order valence-corrected chi connectivity index (χ4v) is 4.43. The monoisotopic (exact) mass is 477 g/mol. The third-order valence-electron chi connectivity index (χ3n) is 6.43. The Kier molecular flexibility index (Phi) is 7.64. The first-order valence-corrected chi connectivity index (χ1v) is 11.9. The second-order valence-corrected chi connectivity index (χ2v) is 8.72. The highest BCUT2D eigenvalue weighted by atomic mass is 16.5. The average Bonchev–Trinajstić information content (AvgIpc) is 3.19. The van der Waals surface area contributed by atoms with E-state index in [1.807, 2.05) is 59.5 Å². The summed E-state index contributed by atoms with van der Waals surface area (Å²) < 4.78 is 5.17. The first-order valence-electron chi connectivity index (χ1n) is 11.9. The minimum atomic E-state index is -0.695. The van der Waals surface area contributed by atoms with E-state index in [1.165, 1.54) is 5.01 Å². The van der Waals surface area contributed by atoms with E-state index < -0.39 is 11.9 Å². The highest BCUT2D eigenvalue weighted by molar-refractivity contribution is 6.40. The number of anilines is 1. The quantitative estimate of drug-likeness (QED) is 0.654. The molecule has 2 aliphatic rings. The van der Waals surface area contributed by atoms with Crippen LogP contribution in [0.4, 0.5) is 5.69 Å². The van der Waals surface area contributed by atoms with Crippen LogP contribution in [0.15, 0.2) is 59.7 Å². The van der Waals surface area contributed by atoms with Gasteiger partial charge in [-0.25, -0.2) is 0 Å². The number of nitrogens with two attached hydrogens (primary N) is 1. The van der Waals surface area contributed by atoms with E-state index in [2.05, 4.69) is 5.10 Å². The van der Waals surface area contributed by atoms with Crippen molar-refractivity contribution in [3.63, 3.8) is 0 Å². The van der Waals surface area contributed by atoms with Crippen molar-refractivity contribution in [3.8, 4) is 5.75 Å². The predicted octanol–water partition coefficient (Wildman–Crippen LogP) is 1.81. The molecule has 0 aromatic heterocycles. The molecule has 9 nitrogen and oxygen atoms in total. The van der Waals surface area contributed by atoms with Crippen LogP contribution >= 0.6 is 0 Å². The Labute approximate surface area is 205 Å². The number of carbonyl (C=O) groups excluding carboxylic acids is 3. The lowest BCUT2D eigenvalue weighted by Gasteiger charge is -2.22. The Hall–Kier alpha value is -3.88. The second kappa shape index (κ2) is 11.0. The molecule has 1 unspecified atom stereocenters. The fraction of sp³-hybridized carbons (Fsp3) is 0.385. The largest absolute Gasteiger partial charge is 0.497 e. The zero-order valence-electron chi connectivity index (χ0n) is 19.9. The van der Waals surface area contributed by atoms with Crippen molar-refractivity contribution in [2.24, 2.45) is 10.8 Å². The van der Waals surface area contributed by atoms with E-state index >= 15 is 0 Å². The number of rotatable bonds is 7. The van der Waals surface area contributed by atoms with E-state index in [4.69, 9.17) is 10.5 Å². The van der Waals surface area contributed by atoms with Crippen molar-refractivity contribution in [3.05, 3.63) is 60.2 Å². The molecule has 2 aliphatic heterocycles. The Morgan fingerprint density at radius 1 is 0.971 bits per heavy atom. The van der Waals surface area contributed by atoms with Gasteiger partial charge in [-0.2, -0.15) is 5.10 Å². The van der Waals surface area contributed by atoms with Crippen molar-refractivity contribution >= 4 is 29.1 Å². The summed E-state index contributed by atoms with van der Waals surface area (Å²) in [5.41, 5.74) is 7.71. The number of amides is 3. The number of carbonyl (C=O) groups is 3. The number of ether oxygens (including phenoxy) is 1. The van der Waals surface area contributed by atoms with Crippen molar-refractivity contribution in [2.45, 2.75) is 31.7 Å². The molecular weight excluding hydrogens is 446 g/mol. The van der Waals surface area contributed by atoms with Crippen molar-refractivity contribution in [1.29, 1.82) is 0 Å². The Bertz CT molecular complexity index is 1090. The van der Waals surface area contributed by atoms with Crippen LogP contribution in [-0.4, -0.2) is 72.6 Å². The highest BCUT2D eigenvalue weighted by Gasteiger charge is 2.37. The number of para-hydroxylation sites is 1. The van der Waals surface area contributed by atoms with E-state index in [9.17, 15) is 14.4 Å². The van der Waals surface area contributed by atoms with E-state index in [1.54, 1.807) is 12.0 Å². The summed E-state index contributed by atoms with van der Waals surface area (Å²) in [5.74, 6) is 0.141. The minimum Gasteiger partial charge on any atom is -0.497 e. The molecule has 2 heterocycles. The predicted molar refractivity (Wildman–Crippen MR) is 133 cm³/mol. The van der Waals surface area contributed by atoms with Gasteiger partial charge < -0.3 is 20.3 Å². The number of aryl methyl sites for hydroxylation is 1. The maximum Gasteiger partial charge on any atom is 0.270 e. The molecule has 2 N–H and O–H groups in total. The zero-order valence-corrected chi connectivity index (χ0v) is 19.9. The summed E-state index contributed by atoms with van der Waals surface area (Å²) in [6.07, 6.45) is 1.93. The average molecular weight is 478 g/mol. The van der Waals surface area contributed by atoms with Gasteiger partial charge in [0.25, 0.3) is 5.91 Å². The van der Waals surface area contributed by atoms with Crippen molar-refractivity contribution < 1.29 is 19.1 Å². The number of hydrogen-bond acceptors (Lipinski definition) is 6. The summed E-state index contributed by atoms with van der Waals surface area (Å²) in [5, 5.41) is 5.99. The van der Waals surface area contributed by atoms with Crippen molar-refractivity contribution in [1.82, 2.24) is 9.80 Å². The van der Waals surface area contributed by atoms with Crippen LogP contribution in [-0.2, 0) is 20.8 Å². The standard InChI is InChI=1S/C26H31N5O4/c1-35-21-11-8-19(9-12-21)10-13-24(32)29-14-5-15-30(17-16-29)26(34)22-18-23(25(27)33)31(28-22)20-6-3-2-4-7-20/h2-4,6-9,11-12,23H,5,10,13-18H2,1H3,(H2,27,33). The van der Waals surface area contributed by atoms with Crippen LogP contribution in [0.3, 0.4) is 0 Å². The maximum absolute atomic E-state index is 13.2. The third kappa shape index (κ3) is 5.79. The minimum absolute atomic E-state index is 0.0809. The van der Waals surface area contributed by atoms with Gasteiger partial charge in [-0.05, 0) is 42.7 Å². The molecule has 3 amide bonds. The zero-order chi connectivity index (χ0) is 24.8. The lowest BCUT2D eigenvalue weighted by atomic mass is 10.1. The SMILES string of the molecule is COc1ccc(CCC(=O)N2CCCN(C(=O)C3=NN(c4ccccc4)C(C(N)=O)C3)CC2)cc1. The van der Waals surface area contributed by atoms with Gasteiger partial charge in [0.2, 0.25) is 11.8 Å². The van der Waals surface area contributed by atoms with Gasteiger partial charge in [0.05, 0.1) is 12.8 Å². The lowest BCUT2D eigenvalue weighted by Crippen LogP contribution is -2.41. The molecule has 1 atom stereocenters. The van der Waals surface area contributed by atoms with Crippen LogP contribution in [0.2, 0.25) is 0 Å². The number of hydrazone groups is 1. The van der Waals surface area contributed by atoms with Gasteiger partial charge in [0.1, 0.15) is 17.5 Å². The number of methoxy groups -OCH3 is 1. The van der Waals surface area contributed by atoms with E-state index in [0.29, 0.717) is 56.8 Å². The van der Waals surface area contributed by atoms with Crippen molar-refractivity contribution in [2.75, 3.05) is 38.3 Å². The Balaban J connectivity index is 1.34. The summed E-state index contributed by atoms with van der Waals surface area (Å²) >= 11 is 0. The Morgan fingerprint density at radius 3 is 2.34 bits per heavy atom. The van der Waals surface area contributed by atoms with Crippen LogP contribution in [0, 0.1) is 0 Å². The normalized spacial score (nSPS) is 18.1. The van der Waals surface area contributed by atoms with E-state index in [0.717, 1.165) is 11.3 Å². The smallest absolute Gasteiger partial charge is 0.270 e. The number of primary amides is 1. The maximum atomic E-state index is 13.2. The molecule has 2 aromatic rings. The van der Waals surface area contributed by atoms with Gasteiger partial charge in [-0.3, -0.25) is 19.4 Å². The molecule has 35 heavy (non-hydrogen) atoms. The highest BCUT2D eigenvalue weighted by Crippen LogP contribution is 2.25. The molecule has 184 valence electrons. The number of hydrogen-bond donors (Lipinski definition) is 1. The molecule has 0 bridgehead atoms. The molecule has 0 radical (unpaired) electrons. The summed E-state index contributed by atoms with van der Waals surface area (Å²) in [7, 11) is 1.63.